The van der Waals surface area contributed by atoms with Gasteiger partial charge in [0.15, 0.2) is 0 Å². The summed E-state index contributed by atoms with van der Waals surface area (Å²) < 4.78 is 0.418. The third-order valence-corrected chi connectivity index (χ3v) is 4.28. The number of hydrogen-bond acceptors (Lipinski definition) is 2. The van der Waals surface area contributed by atoms with Crippen molar-refractivity contribution in [3.8, 4) is 0 Å². The molecule has 1 aliphatic carbocycles. The van der Waals surface area contributed by atoms with Crippen LogP contribution in [0.2, 0.25) is 0 Å². The van der Waals surface area contributed by atoms with E-state index in [1.807, 2.05) is 0 Å². The SMILES string of the molecule is CC1CCCC(NCCSC(C)(C)C)C1. The lowest BCUT2D eigenvalue weighted by molar-refractivity contribution is 0.306. The van der Waals surface area contributed by atoms with E-state index in [-0.39, 0.29) is 0 Å². The molecule has 0 spiro atoms. The second-order valence-electron chi connectivity index (χ2n) is 5.88. The average molecular weight is 229 g/mol. The minimum absolute atomic E-state index is 0.418. The van der Waals surface area contributed by atoms with Gasteiger partial charge in [-0.15, -0.1) is 0 Å². The molecular formula is C13H27NS. The van der Waals surface area contributed by atoms with E-state index in [1.54, 1.807) is 0 Å². The van der Waals surface area contributed by atoms with E-state index in [2.05, 4.69) is 44.8 Å². The van der Waals surface area contributed by atoms with Crippen LogP contribution in [0.1, 0.15) is 53.4 Å². The summed E-state index contributed by atoms with van der Waals surface area (Å²) in [5, 5.41) is 3.70. The molecule has 0 amide bonds. The summed E-state index contributed by atoms with van der Waals surface area (Å²) in [6, 6.07) is 0.800. The minimum atomic E-state index is 0.418. The highest BCUT2D eigenvalue weighted by Crippen LogP contribution is 2.24. The summed E-state index contributed by atoms with van der Waals surface area (Å²) in [6.45, 7) is 10.4. The van der Waals surface area contributed by atoms with Crippen molar-refractivity contribution in [1.82, 2.24) is 5.32 Å². The quantitative estimate of drug-likeness (QED) is 0.738. The predicted octanol–water partition coefficient (Wildman–Crippen LogP) is 3.69. The van der Waals surface area contributed by atoms with Gasteiger partial charge in [0.1, 0.15) is 0 Å². The molecule has 1 N–H and O–H groups in total. The van der Waals surface area contributed by atoms with Crippen LogP contribution in [0.5, 0.6) is 0 Å². The summed E-state index contributed by atoms with van der Waals surface area (Å²) >= 11 is 2.06. The van der Waals surface area contributed by atoms with E-state index in [0.717, 1.165) is 12.0 Å². The molecule has 0 radical (unpaired) electrons. The van der Waals surface area contributed by atoms with Gasteiger partial charge in [0.2, 0.25) is 0 Å². The summed E-state index contributed by atoms with van der Waals surface area (Å²) in [5.41, 5.74) is 0. The number of thioether (sulfide) groups is 1. The summed E-state index contributed by atoms with van der Waals surface area (Å²) in [6.07, 6.45) is 5.64. The van der Waals surface area contributed by atoms with Crippen LogP contribution in [-0.4, -0.2) is 23.1 Å². The number of hydrogen-bond donors (Lipinski definition) is 1. The van der Waals surface area contributed by atoms with Crippen molar-refractivity contribution < 1.29 is 0 Å². The highest BCUT2D eigenvalue weighted by atomic mass is 32.2. The maximum absolute atomic E-state index is 3.70. The van der Waals surface area contributed by atoms with Crippen LogP contribution < -0.4 is 5.32 Å². The van der Waals surface area contributed by atoms with E-state index in [9.17, 15) is 0 Å². The van der Waals surface area contributed by atoms with Gasteiger partial charge in [-0.1, -0.05) is 40.5 Å². The second-order valence-corrected chi connectivity index (χ2v) is 7.81. The minimum Gasteiger partial charge on any atom is -0.313 e. The van der Waals surface area contributed by atoms with E-state index < -0.39 is 0 Å². The second kappa shape index (κ2) is 6.15. The van der Waals surface area contributed by atoms with E-state index in [0.29, 0.717) is 4.75 Å². The normalized spacial score (nSPS) is 28.0. The average Bonchev–Trinajstić information content (AvgIpc) is 2.11. The van der Waals surface area contributed by atoms with Gasteiger partial charge in [-0.05, 0) is 18.8 Å². The topological polar surface area (TPSA) is 12.0 Å². The van der Waals surface area contributed by atoms with Crippen molar-refractivity contribution in [3.05, 3.63) is 0 Å². The van der Waals surface area contributed by atoms with Crippen molar-refractivity contribution in [2.24, 2.45) is 5.92 Å². The first-order valence-corrected chi connectivity index (χ1v) is 7.33. The molecule has 1 saturated carbocycles. The smallest absolute Gasteiger partial charge is 0.00755 e. The summed E-state index contributed by atoms with van der Waals surface area (Å²) in [4.78, 5) is 0. The Hall–Kier alpha value is 0.310. The molecule has 2 heteroatoms. The Morgan fingerprint density at radius 1 is 1.27 bits per heavy atom. The molecule has 1 aliphatic rings. The van der Waals surface area contributed by atoms with Crippen LogP contribution in [0.15, 0.2) is 0 Å². The molecular weight excluding hydrogens is 202 g/mol. The zero-order valence-electron chi connectivity index (χ0n) is 10.8. The number of rotatable bonds is 4. The molecule has 2 atom stereocenters. The maximum atomic E-state index is 3.70. The zero-order chi connectivity index (χ0) is 11.3. The Labute approximate surface area is 99.8 Å². The van der Waals surface area contributed by atoms with Crippen molar-refractivity contribution in [1.29, 1.82) is 0 Å². The van der Waals surface area contributed by atoms with E-state index in [1.165, 1.54) is 38.0 Å². The van der Waals surface area contributed by atoms with Crippen molar-refractivity contribution >= 4 is 11.8 Å². The Bertz CT molecular complexity index is 174. The fourth-order valence-corrected chi connectivity index (χ4v) is 3.07. The Balaban J connectivity index is 2.04. The van der Waals surface area contributed by atoms with E-state index in [4.69, 9.17) is 0 Å². The van der Waals surface area contributed by atoms with E-state index >= 15 is 0 Å². The van der Waals surface area contributed by atoms with Gasteiger partial charge in [-0.25, -0.2) is 0 Å². The molecule has 0 heterocycles. The Kier molecular flexibility index (Phi) is 5.48. The van der Waals surface area contributed by atoms with Gasteiger partial charge >= 0.3 is 0 Å². The van der Waals surface area contributed by atoms with Gasteiger partial charge in [0.25, 0.3) is 0 Å². The first-order valence-electron chi connectivity index (χ1n) is 6.35. The molecule has 0 aliphatic heterocycles. The van der Waals surface area contributed by atoms with Crippen LogP contribution in [0.4, 0.5) is 0 Å². The Morgan fingerprint density at radius 2 is 2.00 bits per heavy atom. The largest absolute Gasteiger partial charge is 0.313 e. The number of nitrogens with one attached hydrogen (secondary N) is 1. The lowest BCUT2D eigenvalue weighted by Crippen LogP contribution is -2.35. The zero-order valence-corrected chi connectivity index (χ0v) is 11.6. The molecule has 0 bridgehead atoms. The fraction of sp³-hybridized carbons (Fsp3) is 1.00. The molecule has 0 aromatic heterocycles. The summed E-state index contributed by atoms with van der Waals surface area (Å²) in [7, 11) is 0. The van der Waals surface area contributed by atoms with Gasteiger partial charge in [-0.3, -0.25) is 0 Å². The highest BCUT2D eigenvalue weighted by molar-refractivity contribution is 8.00. The highest BCUT2D eigenvalue weighted by Gasteiger charge is 2.18. The molecule has 15 heavy (non-hydrogen) atoms. The van der Waals surface area contributed by atoms with Gasteiger partial charge in [0, 0.05) is 23.1 Å². The van der Waals surface area contributed by atoms with Crippen LogP contribution in [0, 0.1) is 5.92 Å². The molecule has 0 aromatic carbocycles. The van der Waals surface area contributed by atoms with Crippen LogP contribution in [-0.2, 0) is 0 Å². The van der Waals surface area contributed by atoms with Gasteiger partial charge < -0.3 is 5.32 Å². The standard InChI is InChI=1S/C13H27NS/c1-11-6-5-7-12(10-11)14-8-9-15-13(2,3)4/h11-12,14H,5-10H2,1-4H3. The maximum Gasteiger partial charge on any atom is 0.00755 e. The van der Waals surface area contributed by atoms with Crippen molar-refractivity contribution in [3.63, 3.8) is 0 Å². The van der Waals surface area contributed by atoms with Crippen LogP contribution >= 0.6 is 11.8 Å². The van der Waals surface area contributed by atoms with Crippen molar-refractivity contribution in [2.75, 3.05) is 12.3 Å². The lowest BCUT2D eigenvalue weighted by atomic mass is 9.87. The third kappa shape index (κ3) is 6.47. The first-order chi connectivity index (χ1) is 6.97. The molecule has 90 valence electrons. The Morgan fingerprint density at radius 3 is 2.60 bits per heavy atom. The predicted molar refractivity (Wildman–Crippen MR) is 71.6 cm³/mol. The van der Waals surface area contributed by atoms with Crippen LogP contribution in [0.25, 0.3) is 0 Å². The molecule has 0 aromatic rings. The fourth-order valence-electron chi connectivity index (χ4n) is 2.24. The monoisotopic (exact) mass is 229 g/mol. The summed E-state index contributed by atoms with van der Waals surface area (Å²) in [5.74, 6) is 2.18. The van der Waals surface area contributed by atoms with Gasteiger partial charge in [0.05, 0.1) is 0 Å². The third-order valence-electron chi connectivity index (χ3n) is 3.01. The molecule has 1 fully saturated rings. The van der Waals surface area contributed by atoms with Crippen molar-refractivity contribution in [2.45, 2.75) is 64.2 Å². The van der Waals surface area contributed by atoms with Crippen LogP contribution in [0.3, 0.4) is 0 Å². The molecule has 0 saturated heterocycles. The van der Waals surface area contributed by atoms with Gasteiger partial charge in [-0.2, -0.15) is 11.8 Å². The molecule has 1 nitrogen and oxygen atoms in total. The molecule has 2 unspecified atom stereocenters. The lowest BCUT2D eigenvalue weighted by Gasteiger charge is -2.28. The first kappa shape index (κ1) is 13.4. The molecule has 1 rings (SSSR count).